The molecule has 3 aliphatic rings. The van der Waals surface area contributed by atoms with Gasteiger partial charge in [0.2, 0.25) is 0 Å². The Morgan fingerprint density at radius 1 is 1.13 bits per heavy atom. The van der Waals surface area contributed by atoms with Gasteiger partial charge in [0.15, 0.2) is 5.78 Å². The summed E-state index contributed by atoms with van der Waals surface area (Å²) in [6.07, 6.45) is 5.60. The van der Waals surface area contributed by atoms with Crippen molar-refractivity contribution in [2.24, 2.45) is 5.41 Å². The molecule has 0 fully saturated rings. The van der Waals surface area contributed by atoms with Crippen molar-refractivity contribution in [1.82, 2.24) is 4.98 Å². The van der Waals surface area contributed by atoms with E-state index in [1.807, 2.05) is 12.1 Å². The van der Waals surface area contributed by atoms with Gasteiger partial charge < -0.3 is 15.8 Å². The number of ether oxygens (including phenoxy) is 1. The molecule has 3 N–H and O–H groups in total. The summed E-state index contributed by atoms with van der Waals surface area (Å²) in [6.45, 7) is 4.31. The molecule has 0 saturated heterocycles. The van der Waals surface area contributed by atoms with Gasteiger partial charge in [-0.3, -0.25) is 4.79 Å². The Kier molecular flexibility index (Phi) is 4.38. The van der Waals surface area contributed by atoms with Crippen molar-refractivity contribution in [1.29, 1.82) is 0 Å². The zero-order valence-corrected chi connectivity index (χ0v) is 18.0. The monoisotopic (exact) mass is 403 g/mol. The molecule has 2 aromatic rings. The lowest BCUT2D eigenvalue weighted by Gasteiger charge is -2.40. The normalized spacial score (nSPS) is 22.0. The molecule has 0 saturated carbocycles. The highest BCUT2D eigenvalue weighted by Crippen LogP contribution is 2.51. The topological polar surface area (TPSA) is 77.2 Å². The molecule has 5 heteroatoms. The van der Waals surface area contributed by atoms with Gasteiger partial charge in [0.25, 0.3) is 0 Å². The predicted molar refractivity (Wildman–Crippen MR) is 119 cm³/mol. The number of hydrogen-bond acceptors (Lipinski definition) is 5. The molecule has 0 amide bonds. The number of anilines is 2. The standard InChI is InChI=1S/C25H29N3O2/c1-25(2)12-18-21(19(29)13-25)20(14-8-10-15(30-3)11-9-14)22-23(26)16-6-4-5-7-17(16)27-24(22)28-18/h8-11,20H,4-7,12-13H2,1-3H3,(H3,26,27,28). The molecule has 1 aromatic heterocycles. The Labute approximate surface area is 177 Å². The Bertz CT molecular complexity index is 1070. The molecule has 2 heterocycles. The number of nitrogens with one attached hydrogen (secondary N) is 1. The molecule has 5 rings (SSSR count). The number of allylic oxidation sites excluding steroid dienone is 2. The minimum Gasteiger partial charge on any atom is -0.497 e. The van der Waals surface area contributed by atoms with Gasteiger partial charge in [0.05, 0.1) is 7.11 Å². The van der Waals surface area contributed by atoms with Crippen molar-refractivity contribution in [3.05, 3.63) is 57.9 Å². The number of pyridine rings is 1. The van der Waals surface area contributed by atoms with Crippen molar-refractivity contribution in [2.45, 2.75) is 58.3 Å². The van der Waals surface area contributed by atoms with Crippen molar-refractivity contribution in [2.75, 3.05) is 18.2 Å². The lowest BCUT2D eigenvalue weighted by atomic mass is 9.68. The van der Waals surface area contributed by atoms with E-state index in [4.69, 9.17) is 15.5 Å². The van der Waals surface area contributed by atoms with E-state index in [9.17, 15) is 4.79 Å². The summed E-state index contributed by atoms with van der Waals surface area (Å²) in [4.78, 5) is 18.4. The van der Waals surface area contributed by atoms with Crippen LogP contribution in [0.1, 0.15) is 67.8 Å². The Balaban J connectivity index is 1.74. The highest BCUT2D eigenvalue weighted by Gasteiger charge is 2.42. The molecule has 30 heavy (non-hydrogen) atoms. The van der Waals surface area contributed by atoms with E-state index in [2.05, 4.69) is 31.3 Å². The van der Waals surface area contributed by atoms with Crippen LogP contribution in [0.25, 0.3) is 0 Å². The highest BCUT2D eigenvalue weighted by molar-refractivity contribution is 6.02. The number of ketones is 1. The lowest BCUT2D eigenvalue weighted by Crippen LogP contribution is -2.35. The van der Waals surface area contributed by atoms with Crippen LogP contribution in [0.3, 0.4) is 0 Å². The van der Waals surface area contributed by atoms with E-state index >= 15 is 0 Å². The fraction of sp³-hybridized carbons (Fsp3) is 0.440. The number of Topliss-reactive ketones (excluding diaryl/α,β-unsaturated/α-hetero) is 1. The quantitative estimate of drug-likeness (QED) is 0.756. The number of aryl methyl sites for hydroxylation is 1. The van der Waals surface area contributed by atoms with E-state index < -0.39 is 0 Å². The van der Waals surface area contributed by atoms with Gasteiger partial charge in [-0.25, -0.2) is 4.98 Å². The molecule has 1 aliphatic heterocycles. The highest BCUT2D eigenvalue weighted by atomic mass is 16.5. The molecule has 1 aromatic carbocycles. The van der Waals surface area contributed by atoms with Crippen LogP contribution in [-0.2, 0) is 17.6 Å². The maximum Gasteiger partial charge on any atom is 0.162 e. The molecular formula is C25H29N3O2. The van der Waals surface area contributed by atoms with Crippen LogP contribution >= 0.6 is 0 Å². The van der Waals surface area contributed by atoms with Crippen molar-refractivity contribution in [3.8, 4) is 5.75 Å². The summed E-state index contributed by atoms with van der Waals surface area (Å²) in [7, 11) is 1.66. The summed E-state index contributed by atoms with van der Waals surface area (Å²) in [5.74, 6) is 1.65. The average molecular weight is 404 g/mol. The molecule has 5 nitrogen and oxygen atoms in total. The van der Waals surface area contributed by atoms with Crippen molar-refractivity contribution < 1.29 is 9.53 Å². The number of benzene rings is 1. The van der Waals surface area contributed by atoms with Crippen molar-refractivity contribution >= 4 is 17.3 Å². The van der Waals surface area contributed by atoms with Gasteiger partial charge in [-0.05, 0) is 60.8 Å². The third-order valence-electron chi connectivity index (χ3n) is 6.77. The van der Waals surface area contributed by atoms with Crippen LogP contribution in [0.5, 0.6) is 5.75 Å². The minimum absolute atomic E-state index is 0.0649. The number of carbonyl (C=O) groups excluding carboxylic acids is 1. The third-order valence-corrected chi connectivity index (χ3v) is 6.77. The Morgan fingerprint density at radius 3 is 2.60 bits per heavy atom. The van der Waals surface area contributed by atoms with Crippen LogP contribution < -0.4 is 15.8 Å². The van der Waals surface area contributed by atoms with Gasteiger partial charge in [-0.2, -0.15) is 0 Å². The van der Waals surface area contributed by atoms with E-state index in [1.165, 1.54) is 5.56 Å². The number of fused-ring (bicyclic) bond motifs is 2. The Hall–Kier alpha value is -2.82. The second-order valence-corrected chi connectivity index (χ2v) is 9.58. The molecule has 0 radical (unpaired) electrons. The lowest BCUT2D eigenvalue weighted by molar-refractivity contribution is -0.118. The number of aromatic nitrogens is 1. The van der Waals surface area contributed by atoms with Crippen molar-refractivity contribution in [3.63, 3.8) is 0 Å². The second kappa shape index (κ2) is 6.86. The molecule has 2 aliphatic carbocycles. The summed E-state index contributed by atoms with van der Waals surface area (Å²) in [5.41, 5.74) is 13.7. The van der Waals surface area contributed by atoms with Crippen LogP contribution in [0, 0.1) is 5.41 Å². The number of carbonyl (C=O) groups is 1. The number of nitrogen functional groups attached to an aromatic ring is 1. The third kappa shape index (κ3) is 2.99. The number of nitrogens with zero attached hydrogens (tertiary/aromatic N) is 1. The fourth-order valence-corrected chi connectivity index (χ4v) is 5.37. The first kappa shape index (κ1) is 19.2. The fourth-order valence-electron chi connectivity index (χ4n) is 5.37. The van der Waals surface area contributed by atoms with Crippen LogP contribution in [0.2, 0.25) is 0 Å². The average Bonchev–Trinajstić information content (AvgIpc) is 2.71. The van der Waals surface area contributed by atoms with Gasteiger partial charge in [0.1, 0.15) is 11.6 Å². The predicted octanol–water partition coefficient (Wildman–Crippen LogP) is 4.75. The van der Waals surface area contributed by atoms with E-state index in [1.54, 1.807) is 7.11 Å². The Morgan fingerprint density at radius 2 is 1.87 bits per heavy atom. The van der Waals surface area contributed by atoms with Gasteiger partial charge >= 0.3 is 0 Å². The van der Waals surface area contributed by atoms with E-state index in [0.717, 1.165) is 77.4 Å². The number of hydrogen-bond donors (Lipinski definition) is 2. The van der Waals surface area contributed by atoms with Crippen LogP contribution in [0.15, 0.2) is 35.5 Å². The van der Waals surface area contributed by atoms with Crippen LogP contribution in [-0.4, -0.2) is 17.9 Å². The first-order valence-corrected chi connectivity index (χ1v) is 10.9. The first-order valence-electron chi connectivity index (χ1n) is 10.9. The number of nitrogens with two attached hydrogens (primary N) is 1. The zero-order chi connectivity index (χ0) is 21.0. The molecule has 0 spiro atoms. The maximum absolute atomic E-state index is 13.4. The van der Waals surface area contributed by atoms with E-state index in [0.29, 0.717) is 6.42 Å². The minimum atomic E-state index is -0.189. The van der Waals surface area contributed by atoms with Gasteiger partial charge in [-0.15, -0.1) is 0 Å². The summed E-state index contributed by atoms with van der Waals surface area (Å²) < 4.78 is 5.35. The smallest absolute Gasteiger partial charge is 0.162 e. The SMILES string of the molecule is COc1ccc(C2C3=C(CC(C)(C)CC3=O)Nc3nc4c(c(N)c32)CCCC4)cc1. The number of rotatable bonds is 2. The second-order valence-electron chi connectivity index (χ2n) is 9.58. The number of methoxy groups -OCH3 is 1. The molecule has 156 valence electrons. The van der Waals surface area contributed by atoms with Gasteiger partial charge in [-0.1, -0.05) is 26.0 Å². The maximum atomic E-state index is 13.4. The summed E-state index contributed by atoms with van der Waals surface area (Å²) in [5, 5.41) is 3.54. The molecular weight excluding hydrogens is 374 g/mol. The van der Waals surface area contributed by atoms with Gasteiger partial charge in [0, 0.05) is 40.6 Å². The zero-order valence-electron chi connectivity index (χ0n) is 18.0. The summed E-state index contributed by atoms with van der Waals surface area (Å²) in [6, 6.07) is 8.01. The first-order chi connectivity index (χ1) is 14.4. The summed E-state index contributed by atoms with van der Waals surface area (Å²) >= 11 is 0. The van der Waals surface area contributed by atoms with Crippen LogP contribution in [0.4, 0.5) is 11.5 Å². The molecule has 1 unspecified atom stereocenters. The largest absolute Gasteiger partial charge is 0.497 e. The molecule has 1 atom stereocenters. The molecule has 0 bridgehead atoms. The van der Waals surface area contributed by atoms with E-state index in [-0.39, 0.29) is 17.1 Å².